The molecule has 68 valence electrons. The predicted molar refractivity (Wildman–Crippen MR) is 53.9 cm³/mol. The van der Waals surface area contributed by atoms with Crippen molar-refractivity contribution in [3.8, 4) is 0 Å². The lowest BCUT2D eigenvalue weighted by Gasteiger charge is -1.93. The summed E-state index contributed by atoms with van der Waals surface area (Å²) in [6.45, 7) is 2.91. The third kappa shape index (κ3) is 3.22. The number of allylic oxidation sites excluding steroid dienone is 4. The zero-order valence-corrected chi connectivity index (χ0v) is 7.92. The Kier molecular flexibility index (Phi) is 4.09. The summed E-state index contributed by atoms with van der Waals surface area (Å²) in [5.74, 6) is 0.896. The molecule has 0 saturated heterocycles. The zero-order valence-electron chi connectivity index (χ0n) is 7.92. The van der Waals surface area contributed by atoms with Crippen molar-refractivity contribution in [2.75, 3.05) is 6.54 Å². The predicted octanol–water partition coefficient (Wildman–Crippen LogP) is 2.64. The van der Waals surface area contributed by atoms with Gasteiger partial charge in [-0.25, -0.2) is 0 Å². The molecule has 1 aliphatic rings. The first-order valence-electron chi connectivity index (χ1n) is 4.90. The fourth-order valence-corrected chi connectivity index (χ4v) is 1.47. The van der Waals surface area contributed by atoms with Crippen LogP contribution < -0.4 is 5.73 Å². The molecule has 0 spiro atoms. The van der Waals surface area contributed by atoms with Crippen molar-refractivity contribution in [2.45, 2.75) is 32.6 Å². The molecule has 1 aliphatic carbocycles. The third-order valence-electron chi connectivity index (χ3n) is 2.36. The summed E-state index contributed by atoms with van der Waals surface area (Å²) < 4.78 is 0. The summed E-state index contributed by atoms with van der Waals surface area (Å²) >= 11 is 0. The molecule has 1 fully saturated rings. The highest BCUT2D eigenvalue weighted by Crippen LogP contribution is 2.41. The number of rotatable bonds is 5. The zero-order chi connectivity index (χ0) is 8.81. The molecule has 0 radical (unpaired) electrons. The van der Waals surface area contributed by atoms with Gasteiger partial charge in [0, 0.05) is 0 Å². The van der Waals surface area contributed by atoms with Crippen LogP contribution in [0.1, 0.15) is 32.6 Å². The second-order valence-electron chi connectivity index (χ2n) is 3.45. The molecule has 1 unspecified atom stereocenters. The van der Waals surface area contributed by atoms with Gasteiger partial charge in [-0.1, -0.05) is 30.2 Å². The van der Waals surface area contributed by atoms with Gasteiger partial charge < -0.3 is 5.73 Å². The Morgan fingerprint density at radius 3 is 3.00 bits per heavy atom. The first-order chi connectivity index (χ1) is 5.88. The second kappa shape index (κ2) is 5.15. The van der Waals surface area contributed by atoms with E-state index in [1.54, 1.807) is 5.57 Å². The molecule has 0 bridgehead atoms. The number of hydrogen-bond donors (Lipinski definition) is 1. The Labute approximate surface area is 75.3 Å². The lowest BCUT2D eigenvalue weighted by Crippen LogP contribution is -1.97. The molecule has 1 atom stereocenters. The maximum absolute atomic E-state index is 5.42. The van der Waals surface area contributed by atoms with Crippen molar-refractivity contribution in [3.63, 3.8) is 0 Å². The average molecular weight is 165 g/mol. The maximum atomic E-state index is 5.42. The lowest BCUT2D eigenvalue weighted by atomic mass is 10.1. The molecule has 0 aromatic carbocycles. The standard InChI is InChI=1S/C11H19N/c1-2-3-6-10-9-11(10)7-4-5-8-12/h2-3,6,11H,4-5,7-9,12H2,1H3/b3-2+,10-6+. The van der Waals surface area contributed by atoms with Crippen LogP contribution in [0.2, 0.25) is 0 Å². The van der Waals surface area contributed by atoms with Gasteiger partial charge in [0.2, 0.25) is 0 Å². The Balaban J connectivity index is 2.07. The van der Waals surface area contributed by atoms with Gasteiger partial charge in [0.05, 0.1) is 0 Å². The summed E-state index contributed by atoms with van der Waals surface area (Å²) in [7, 11) is 0. The van der Waals surface area contributed by atoms with Gasteiger partial charge in [-0.05, 0) is 38.6 Å². The monoisotopic (exact) mass is 165 g/mol. The second-order valence-corrected chi connectivity index (χ2v) is 3.45. The normalized spacial score (nSPS) is 25.5. The van der Waals surface area contributed by atoms with Crippen molar-refractivity contribution in [2.24, 2.45) is 11.7 Å². The van der Waals surface area contributed by atoms with E-state index in [4.69, 9.17) is 5.73 Å². The highest BCUT2D eigenvalue weighted by Gasteiger charge is 2.27. The fraction of sp³-hybridized carbons (Fsp3) is 0.636. The van der Waals surface area contributed by atoms with E-state index in [-0.39, 0.29) is 0 Å². The Hall–Kier alpha value is -0.560. The molecule has 1 nitrogen and oxygen atoms in total. The smallest absolute Gasteiger partial charge is 0.00773 e. The van der Waals surface area contributed by atoms with Crippen molar-refractivity contribution in [3.05, 3.63) is 23.8 Å². The van der Waals surface area contributed by atoms with Gasteiger partial charge in [-0.3, -0.25) is 0 Å². The molecule has 2 N–H and O–H groups in total. The van der Waals surface area contributed by atoms with E-state index in [1.165, 1.54) is 25.7 Å². The van der Waals surface area contributed by atoms with Crippen molar-refractivity contribution in [1.29, 1.82) is 0 Å². The van der Waals surface area contributed by atoms with E-state index in [0.717, 1.165) is 12.5 Å². The summed E-state index contributed by atoms with van der Waals surface area (Å²) in [4.78, 5) is 0. The van der Waals surface area contributed by atoms with E-state index in [2.05, 4.69) is 25.2 Å². The molecule has 0 aromatic rings. The molecular weight excluding hydrogens is 146 g/mol. The van der Waals surface area contributed by atoms with Crippen LogP contribution in [0.4, 0.5) is 0 Å². The SMILES string of the molecule is C/C=C/C=C1\CC1CCCCN. The van der Waals surface area contributed by atoms with E-state index in [0.29, 0.717) is 0 Å². The summed E-state index contributed by atoms with van der Waals surface area (Å²) in [5, 5.41) is 0. The molecule has 1 saturated carbocycles. The van der Waals surface area contributed by atoms with Gasteiger partial charge in [0.1, 0.15) is 0 Å². The largest absolute Gasteiger partial charge is 0.330 e. The Bertz CT molecular complexity index is 179. The van der Waals surface area contributed by atoms with Crippen LogP contribution in [0.5, 0.6) is 0 Å². The first-order valence-corrected chi connectivity index (χ1v) is 4.90. The van der Waals surface area contributed by atoms with Gasteiger partial charge in [-0.2, -0.15) is 0 Å². The Morgan fingerprint density at radius 1 is 1.50 bits per heavy atom. The number of unbranched alkanes of at least 4 members (excludes halogenated alkanes) is 1. The molecule has 0 aromatic heterocycles. The first kappa shape index (κ1) is 9.53. The van der Waals surface area contributed by atoms with Gasteiger partial charge in [0.25, 0.3) is 0 Å². The molecule has 0 heterocycles. The highest BCUT2D eigenvalue weighted by atomic mass is 14.5. The number of hydrogen-bond acceptors (Lipinski definition) is 1. The molecule has 0 aliphatic heterocycles. The van der Waals surface area contributed by atoms with Gasteiger partial charge >= 0.3 is 0 Å². The summed E-state index contributed by atoms with van der Waals surface area (Å²) in [6, 6.07) is 0. The Morgan fingerprint density at radius 2 is 2.33 bits per heavy atom. The minimum atomic E-state index is 0.848. The van der Waals surface area contributed by atoms with E-state index < -0.39 is 0 Å². The van der Waals surface area contributed by atoms with Crippen LogP contribution in [-0.4, -0.2) is 6.54 Å². The van der Waals surface area contributed by atoms with E-state index in [1.807, 2.05) is 0 Å². The maximum Gasteiger partial charge on any atom is -0.00773 e. The van der Waals surface area contributed by atoms with E-state index in [9.17, 15) is 0 Å². The van der Waals surface area contributed by atoms with Crippen molar-refractivity contribution in [1.82, 2.24) is 0 Å². The van der Waals surface area contributed by atoms with Crippen LogP contribution in [0.15, 0.2) is 23.8 Å². The van der Waals surface area contributed by atoms with Crippen LogP contribution in [0.3, 0.4) is 0 Å². The molecule has 0 amide bonds. The number of nitrogens with two attached hydrogens (primary N) is 1. The average Bonchev–Trinajstić information content (AvgIpc) is 2.81. The molecule has 1 rings (SSSR count). The minimum absolute atomic E-state index is 0.848. The molecule has 12 heavy (non-hydrogen) atoms. The van der Waals surface area contributed by atoms with Crippen molar-refractivity contribution < 1.29 is 0 Å². The summed E-state index contributed by atoms with van der Waals surface area (Å²) in [5.41, 5.74) is 7.05. The van der Waals surface area contributed by atoms with E-state index >= 15 is 0 Å². The quantitative estimate of drug-likeness (QED) is 0.623. The highest BCUT2D eigenvalue weighted by molar-refractivity contribution is 5.27. The van der Waals surface area contributed by atoms with Gasteiger partial charge in [0.15, 0.2) is 0 Å². The molecular formula is C11H19N. The fourth-order valence-electron chi connectivity index (χ4n) is 1.47. The topological polar surface area (TPSA) is 26.0 Å². The summed E-state index contributed by atoms with van der Waals surface area (Å²) in [6.07, 6.45) is 11.6. The lowest BCUT2D eigenvalue weighted by molar-refractivity contribution is 0.647. The van der Waals surface area contributed by atoms with Crippen LogP contribution >= 0.6 is 0 Å². The van der Waals surface area contributed by atoms with Crippen LogP contribution in [0, 0.1) is 5.92 Å². The molecule has 1 heteroatoms. The minimum Gasteiger partial charge on any atom is -0.330 e. The third-order valence-corrected chi connectivity index (χ3v) is 2.36. The van der Waals surface area contributed by atoms with Gasteiger partial charge in [-0.15, -0.1) is 0 Å². The van der Waals surface area contributed by atoms with Crippen molar-refractivity contribution >= 4 is 0 Å². The van der Waals surface area contributed by atoms with Crippen LogP contribution in [0.25, 0.3) is 0 Å². The van der Waals surface area contributed by atoms with Crippen LogP contribution in [-0.2, 0) is 0 Å².